The normalized spacial score (nSPS) is 13.7. The molecule has 5 heteroatoms. The summed E-state index contributed by atoms with van der Waals surface area (Å²) < 4.78 is 27.3. The molecule has 0 aliphatic carbocycles. The van der Waals surface area contributed by atoms with Crippen LogP contribution in [0.15, 0.2) is 29.2 Å². The van der Waals surface area contributed by atoms with E-state index in [1.165, 1.54) is 0 Å². The first-order chi connectivity index (χ1) is 9.44. The maximum atomic E-state index is 12.3. The summed E-state index contributed by atoms with van der Waals surface area (Å²) in [6.07, 6.45) is 2.73. The zero-order chi connectivity index (χ0) is 15.2. The number of nitrogens with one attached hydrogen (secondary N) is 1. The fourth-order valence-corrected chi connectivity index (χ4v) is 3.21. The van der Waals surface area contributed by atoms with Crippen LogP contribution in [0.25, 0.3) is 0 Å². The zero-order valence-electron chi connectivity index (χ0n) is 12.6. The average molecular weight is 298 g/mol. The van der Waals surface area contributed by atoms with Crippen LogP contribution in [-0.4, -0.2) is 15.0 Å². The van der Waals surface area contributed by atoms with Gasteiger partial charge in [-0.2, -0.15) is 0 Å². The Hall–Kier alpha value is -0.910. The standard InChI is InChI=1S/C15H26N2O2S/c1-4-12(5-2)11-17-20(18,19)14-9-7-8-13(10-14)15(16)6-3/h7-10,12,15,17H,4-6,11,16H2,1-3H3. The lowest BCUT2D eigenvalue weighted by Gasteiger charge is -2.15. The summed E-state index contributed by atoms with van der Waals surface area (Å²) in [5, 5.41) is 0. The van der Waals surface area contributed by atoms with Crippen LogP contribution in [0.3, 0.4) is 0 Å². The summed E-state index contributed by atoms with van der Waals surface area (Å²) in [7, 11) is -3.45. The Morgan fingerprint density at radius 3 is 2.35 bits per heavy atom. The Bertz CT molecular complexity index is 510. The molecule has 114 valence electrons. The molecule has 1 aromatic rings. The predicted octanol–water partition coefficient (Wildman–Crippen LogP) is 2.81. The fraction of sp³-hybridized carbons (Fsp3) is 0.600. The predicted molar refractivity (Wildman–Crippen MR) is 82.9 cm³/mol. The number of rotatable bonds is 8. The molecule has 0 aliphatic rings. The summed E-state index contributed by atoms with van der Waals surface area (Å²) in [6.45, 7) is 6.61. The maximum absolute atomic E-state index is 12.3. The minimum absolute atomic E-state index is 0.121. The van der Waals surface area contributed by atoms with Gasteiger partial charge in [0.25, 0.3) is 0 Å². The summed E-state index contributed by atoms with van der Waals surface area (Å²) in [6, 6.07) is 6.78. The minimum atomic E-state index is -3.45. The Balaban J connectivity index is 2.87. The van der Waals surface area contributed by atoms with Crippen molar-refractivity contribution in [1.29, 1.82) is 0 Å². The molecule has 20 heavy (non-hydrogen) atoms. The van der Waals surface area contributed by atoms with Gasteiger partial charge < -0.3 is 5.73 Å². The lowest BCUT2D eigenvalue weighted by Crippen LogP contribution is -2.29. The van der Waals surface area contributed by atoms with E-state index in [9.17, 15) is 8.42 Å². The Morgan fingerprint density at radius 2 is 1.80 bits per heavy atom. The second-order valence-electron chi connectivity index (χ2n) is 5.12. The van der Waals surface area contributed by atoms with E-state index in [0.717, 1.165) is 24.8 Å². The van der Waals surface area contributed by atoms with E-state index in [1.54, 1.807) is 18.2 Å². The van der Waals surface area contributed by atoms with Crippen LogP contribution in [0.2, 0.25) is 0 Å². The van der Waals surface area contributed by atoms with Crippen molar-refractivity contribution in [3.05, 3.63) is 29.8 Å². The largest absolute Gasteiger partial charge is 0.324 e. The maximum Gasteiger partial charge on any atom is 0.240 e. The summed E-state index contributed by atoms with van der Waals surface area (Å²) in [5.74, 6) is 0.380. The zero-order valence-corrected chi connectivity index (χ0v) is 13.4. The number of hydrogen-bond acceptors (Lipinski definition) is 3. The molecule has 0 saturated carbocycles. The van der Waals surface area contributed by atoms with Crippen molar-refractivity contribution in [3.8, 4) is 0 Å². The number of hydrogen-bond donors (Lipinski definition) is 2. The number of sulfonamides is 1. The highest BCUT2D eigenvalue weighted by Gasteiger charge is 2.17. The fourth-order valence-electron chi connectivity index (χ4n) is 2.04. The Morgan fingerprint density at radius 1 is 1.15 bits per heavy atom. The molecule has 0 saturated heterocycles. The van der Waals surface area contributed by atoms with Crippen molar-refractivity contribution in [2.75, 3.05) is 6.54 Å². The van der Waals surface area contributed by atoms with E-state index in [0.29, 0.717) is 17.4 Å². The van der Waals surface area contributed by atoms with Gasteiger partial charge in [0, 0.05) is 12.6 Å². The average Bonchev–Trinajstić information content (AvgIpc) is 2.47. The highest BCUT2D eigenvalue weighted by Crippen LogP contribution is 2.18. The van der Waals surface area contributed by atoms with Gasteiger partial charge in [0.15, 0.2) is 0 Å². The Kier molecular flexibility index (Phi) is 6.65. The van der Waals surface area contributed by atoms with Crippen LogP contribution in [-0.2, 0) is 10.0 Å². The van der Waals surface area contributed by atoms with Crippen molar-refractivity contribution in [2.24, 2.45) is 11.7 Å². The highest BCUT2D eigenvalue weighted by molar-refractivity contribution is 7.89. The number of benzene rings is 1. The van der Waals surface area contributed by atoms with Crippen LogP contribution in [0.4, 0.5) is 0 Å². The molecule has 0 bridgehead atoms. The molecule has 4 nitrogen and oxygen atoms in total. The van der Waals surface area contributed by atoms with E-state index in [1.807, 2.05) is 13.0 Å². The molecule has 0 fully saturated rings. The molecule has 1 rings (SSSR count). The third kappa shape index (κ3) is 4.58. The molecule has 0 spiro atoms. The molecule has 3 N–H and O–H groups in total. The van der Waals surface area contributed by atoms with E-state index < -0.39 is 10.0 Å². The van der Waals surface area contributed by atoms with Gasteiger partial charge in [-0.1, -0.05) is 45.7 Å². The molecule has 1 aromatic carbocycles. The van der Waals surface area contributed by atoms with E-state index in [-0.39, 0.29) is 6.04 Å². The van der Waals surface area contributed by atoms with Crippen LogP contribution in [0.1, 0.15) is 51.6 Å². The van der Waals surface area contributed by atoms with Gasteiger partial charge in [0.1, 0.15) is 0 Å². The molecule has 0 aliphatic heterocycles. The van der Waals surface area contributed by atoms with Gasteiger partial charge in [0.2, 0.25) is 10.0 Å². The summed E-state index contributed by atoms with van der Waals surface area (Å²) in [5.41, 5.74) is 6.82. The lowest BCUT2D eigenvalue weighted by molar-refractivity contribution is 0.479. The van der Waals surface area contributed by atoms with E-state index in [4.69, 9.17) is 5.73 Å². The van der Waals surface area contributed by atoms with E-state index >= 15 is 0 Å². The minimum Gasteiger partial charge on any atom is -0.324 e. The third-order valence-corrected chi connectivity index (χ3v) is 5.17. The third-order valence-electron chi connectivity index (χ3n) is 3.75. The van der Waals surface area contributed by atoms with Gasteiger partial charge in [0.05, 0.1) is 4.90 Å². The van der Waals surface area contributed by atoms with Crippen molar-refractivity contribution in [3.63, 3.8) is 0 Å². The summed E-state index contributed by atoms with van der Waals surface area (Å²) in [4.78, 5) is 0.296. The summed E-state index contributed by atoms with van der Waals surface area (Å²) >= 11 is 0. The molecule has 0 amide bonds. The monoisotopic (exact) mass is 298 g/mol. The molecule has 1 unspecified atom stereocenters. The number of nitrogens with two attached hydrogens (primary N) is 1. The second kappa shape index (κ2) is 7.76. The van der Waals surface area contributed by atoms with Crippen LogP contribution < -0.4 is 10.5 Å². The molecule has 0 radical (unpaired) electrons. The second-order valence-corrected chi connectivity index (χ2v) is 6.89. The van der Waals surface area contributed by atoms with E-state index in [2.05, 4.69) is 18.6 Å². The van der Waals surface area contributed by atoms with Crippen LogP contribution >= 0.6 is 0 Å². The van der Waals surface area contributed by atoms with Crippen LogP contribution in [0.5, 0.6) is 0 Å². The van der Waals surface area contributed by atoms with Crippen LogP contribution in [0, 0.1) is 5.92 Å². The quantitative estimate of drug-likeness (QED) is 0.775. The van der Waals surface area contributed by atoms with Crippen molar-refractivity contribution in [1.82, 2.24) is 4.72 Å². The lowest BCUT2D eigenvalue weighted by atomic mass is 10.0. The molecule has 0 aromatic heterocycles. The SMILES string of the molecule is CCC(CC)CNS(=O)(=O)c1cccc(C(N)CC)c1. The Labute approximate surface area is 122 Å². The van der Waals surface area contributed by atoms with Gasteiger partial charge >= 0.3 is 0 Å². The van der Waals surface area contributed by atoms with Crippen molar-refractivity contribution < 1.29 is 8.42 Å². The van der Waals surface area contributed by atoms with Gasteiger partial charge in [-0.3, -0.25) is 0 Å². The molecule has 0 heterocycles. The topological polar surface area (TPSA) is 72.2 Å². The van der Waals surface area contributed by atoms with Gasteiger partial charge in [-0.15, -0.1) is 0 Å². The molecular formula is C15H26N2O2S. The highest BCUT2D eigenvalue weighted by atomic mass is 32.2. The van der Waals surface area contributed by atoms with Crippen molar-refractivity contribution in [2.45, 2.75) is 51.0 Å². The first kappa shape index (κ1) is 17.1. The van der Waals surface area contributed by atoms with Crippen molar-refractivity contribution >= 4 is 10.0 Å². The van der Waals surface area contributed by atoms with Gasteiger partial charge in [-0.05, 0) is 30.0 Å². The first-order valence-electron chi connectivity index (χ1n) is 7.29. The molecular weight excluding hydrogens is 272 g/mol. The van der Waals surface area contributed by atoms with Gasteiger partial charge in [-0.25, -0.2) is 13.1 Å². The smallest absolute Gasteiger partial charge is 0.240 e. The molecule has 1 atom stereocenters. The first-order valence-corrected chi connectivity index (χ1v) is 8.78.